The van der Waals surface area contributed by atoms with E-state index in [0.29, 0.717) is 19.8 Å². The summed E-state index contributed by atoms with van der Waals surface area (Å²) in [5.74, 6) is 1.86. The van der Waals surface area contributed by atoms with Gasteiger partial charge in [-0.05, 0) is 74.4 Å². The van der Waals surface area contributed by atoms with Crippen molar-refractivity contribution in [1.82, 2.24) is 0 Å². The van der Waals surface area contributed by atoms with Crippen LogP contribution in [0.2, 0.25) is 0 Å². The largest absolute Gasteiger partial charge is 0.493 e. The summed E-state index contributed by atoms with van der Waals surface area (Å²) in [6.45, 7) is 8.45. The zero-order chi connectivity index (χ0) is 22.3. The second-order valence-corrected chi connectivity index (χ2v) is 7.37. The molecule has 168 valence electrons. The van der Waals surface area contributed by atoms with Crippen LogP contribution in [0.15, 0.2) is 53.7 Å². The number of oxime groups is 1. The molecule has 2 aromatic rings. The normalized spacial score (nSPS) is 11.4. The van der Waals surface area contributed by atoms with Crippen molar-refractivity contribution in [3.8, 4) is 11.5 Å². The summed E-state index contributed by atoms with van der Waals surface area (Å²) in [5.41, 5.74) is 4.71. The lowest BCUT2D eigenvalue weighted by molar-refractivity contribution is 0.154. The Labute approximate surface area is 186 Å². The van der Waals surface area contributed by atoms with Crippen molar-refractivity contribution in [1.29, 1.82) is 0 Å². The minimum atomic E-state index is 0.445. The van der Waals surface area contributed by atoms with Crippen LogP contribution in [-0.2, 0) is 22.6 Å². The van der Waals surface area contributed by atoms with Gasteiger partial charge >= 0.3 is 0 Å². The second kappa shape index (κ2) is 14.3. The van der Waals surface area contributed by atoms with E-state index in [-0.39, 0.29) is 0 Å². The molecule has 5 heteroatoms. The molecule has 31 heavy (non-hydrogen) atoms. The monoisotopic (exact) mass is 425 g/mol. The van der Waals surface area contributed by atoms with Crippen molar-refractivity contribution in [2.24, 2.45) is 5.16 Å². The van der Waals surface area contributed by atoms with Gasteiger partial charge in [0.15, 0.2) is 0 Å². The molecule has 0 bridgehead atoms. The first-order valence-corrected chi connectivity index (χ1v) is 10.8. The highest BCUT2D eigenvalue weighted by Crippen LogP contribution is 2.28. The zero-order valence-corrected chi connectivity index (χ0v) is 19.2. The van der Waals surface area contributed by atoms with Gasteiger partial charge in [0.25, 0.3) is 0 Å². The number of nitrogens with zero attached hydrogens (tertiary/aromatic N) is 1. The number of aryl methyl sites for hydroxylation is 3. The fraction of sp³-hybridized carbons (Fsp3) is 0.423. The van der Waals surface area contributed by atoms with Crippen molar-refractivity contribution in [2.45, 2.75) is 46.6 Å². The van der Waals surface area contributed by atoms with Crippen molar-refractivity contribution in [3.05, 3.63) is 70.8 Å². The predicted octanol–water partition coefficient (Wildman–Crippen LogP) is 5.81. The summed E-state index contributed by atoms with van der Waals surface area (Å²) >= 11 is 0. The van der Waals surface area contributed by atoms with Crippen LogP contribution < -0.4 is 9.47 Å². The first-order valence-electron chi connectivity index (χ1n) is 10.8. The maximum absolute atomic E-state index is 6.07. The van der Waals surface area contributed by atoms with Crippen LogP contribution in [0.4, 0.5) is 0 Å². The average Bonchev–Trinajstić information content (AvgIpc) is 2.76. The molecule has 2 rings (SSSR count). The summed E-state index contributed by atoms with van der Waals surface area (Å²) in [4.78, 5) is 4.60. The first kappa shape index (κ1) is 24.5. The lowest BCUT2D eigenvalue weighted by Gasteiger charge is -2.14. The van der Waals surface area contributed by atoms with Gasteiger partial charge in [0.2, 0.25) is 0 Å². The standard InChI is InChI=1S/C26H35NO4/c1-5-6-15-30-25-18-21(2)26(22(3)19-25)31-16-8-7-9-23-10-12-24(13-11-23)20-29-17-14-27-28-4/h5-6,10-14,18-19H,7-9,15-17,20H2,1-4H3/b6-5+,27-14?. The van der Waals surface area contributed by atoms with E-state index in [1.165, 1.54) is 12.7 Å². The fourth-order valence-corrected chi connectivity index (χ4v) is 3.20. The predicted molar refractivity (Wildman–Crippen MR) is 126 cm³/mol. The van der Waals surface area contributed by atoms with Crippen molar-refractivity contribution in [2.75, 3.05) is 26.9 Å². The van der Waals surface area contributed by atoms with E-state index in [1.54, 1.807) is 6.21 Å². The smallest absolute Gasteiger partial charge is 0.125 e. The number of unbranched alkanes of at least 4 members (excludes halogenated alkanes) is 1. The van der Waals surface area contributed by atoms with Crippen LogP contribution in [0.5, 0.6) is 11.5 Å². The molecule has 0 heterocycles. The van der Waals surface area contributed by atoms with Gasteiger partial charge in [-0.25, -0.2) is 0 Å². The van der Waals surface area contributed by atoms with E-state index in [4.69, 9.17) is 14.2 Å². The Kier molecular flexibility index (Phi) is 11.3. The summed E-state index contributed by atoms with van der Waals surface area (Å²) in [6.07, 6.45) is 8.74. The van der Waals surface area contributed by atoms with Gasteiger partial charge in [-0.2, -0.15) is 0 Å². The molecular weight excluding hydrogens is 390 g/mol. The van der Waals surface area contributed by atoms with Gasteiger partial charge in [-0.3, -0.25) is 0 Å². The van der Waals surface area contributed by atoms with Crippen LogP contribution in [0, 0.1) is 13.8 Å². The molecule has 0 aliphatic heterocycles. The number of ether oxygens (including phenoxy) is 3. The van der Waals surface area contributed by atoms with Gasteiger partial charge < -0.3 is 19.0 Å². The fourth-order valence-electron chi connectivity index (χ4n) is 3.20. The second-order valence-electron chi connectivity index (χ2n) is 7.37. The van der Waals surface area contributed by atoms with Crippen LogP contribution in [0.25, 0.3) is 0 Å². The molecule has 0 aliphatic rings. The molecule has 0 aliphatic carbocycles. The Morgan fingerprint density at radius 1 is 0.903 bits per heavy atom. The van der Waals surface area contributed by atoms with E-state index in [0.717, 1.165) is 54.1 Å². The third-order valence-electron chi connectivity index (χ3n) is 4.79. The summed E-state index contributed by atoms with van der Waals surface area (Å²) in [7, 11) is 1.52. The number of allylic oxidation sites excluding steroid dienone is 1. The topological polar surface area (TPSA) is 49.3 Å². The van der Waals surface area contributed by atoms with Gasteiger partial charge in [0, 0.05) is 0 Å². The van der Waals surface area contributed by atoms with Crippen molar-refractivity contribution in [3.63, 3.8) is 0 Å². The third kappa shape index (κ3) is 9.26. The Morgan fingerprint density at radius 2 is 1.61 bits per heavy atom. The van der Waals surface area contributed by atoms with Crippen molar-refractivity contribution >= 4 is 6.21 Å². The van der Waals surface area contributed by atoms with Crippen molar-refractivity contribution < 1.29 is 19.0 Å². The highest BCUT2D eigenvalue weighted by molar-refractivity contribution is 5.57. The van der Waals surface area contributed by atoms with Gasteiger partial charge in [-0.1, -0.05) is 41.6 Å². The molecule has 0 amide bonds. The molecule has 0 spiro atoms. The minimum absolute atomic E-state index is 0.445. The lowest BCUT2D eigenvalue weighted by Crippen LogP contribution is -2.03. The molecule has 0 atom stereocenters. The Hall–Kier alpha value is -2.79. The lowest BCUT2D eigenvalue weighted by atomic mass is 10.1. The number of benzene rings is 2. The Balaban J connectivity index is 1.69. The number of hydrogen-bond donors (Lipinski definition) is 0. The summed E-state index contributed by atoms with van der Waals surface area (Å²) < 4.78 is 17.3. The third-order valence-corrected chi connectivity index (χ3v) is 4.79. The van der Waals surface area contributed by atoms with Crippen LogP contribution >= 0.6 is 0 Å². The molecule has 0 radical (unpaired) electrons. The average molecular weight is 426 g/mol. The molecule has 2 aromatic carbocycles. The van der Waals surface area contributed by atoms with E-state index >= 15 is 0 Å². The molecular formula is C26H35NO4. The van der Waals surface area contributed by atoms with Gasteiger partial charge in [-0.15, -0.1) is 0 Å². The Morgan fingerprint density at radius 3 is 2.29 bits per heavy atom. The minimum Gasteiger partial charge on any atom is -0.493 e. The molecule has 0 unspecified atom stereocenters. The highest BCUT2D eigenvalue weighted by atomic mass is 16.6. The molecule has 0 aromatic heterocycles. The SMILES string of the molecule is C/C=C/COc1cc(C)c(OCCCCc2ccc(COCC=NOC)cc2)c(C)c1. The molecule has 0 fully saturated rings. The van der Waals surface area contributed by atoms with Crippen LogP contribution in [-0.4, -0.2) is 33.1 Å². The number of rotatable bonds is 14. The molecule has 0 saturated carbocycles. The van der Waals surface area contributed by atoms with E-state index in [1.807, 2.05) is 31.2 Å². The number of hydrogen-bond acceptors (Lipinski definition) is 5. The van der Waals surface area contributed by atoms with E-state index in [2.05, 4.69) is 48.1 Å². The quantitative estimate of drug-likeness (QED) is 0.166. The summed E-state index contributed by atoms with van der Waals surface area (Å²) in [6, 6.07) is 12.7. The van der Waals surface area contributed by atoms with Gasteiger partial charge in [0.05, 0.1) is 26.0 Å². The maximum Gasteiger partial charge on any atom is 0.125 e. The maximum atomic E-state index is 6.07. The van der Waals surface area contributed by atoms with Crippen LogP contribution in [0.3, 0.4) is 0 Å². The Bertz CT molecular complexity index is 805. The molecule has 0 N–H and O–H groups in total. The molecule has 0 saturated heterocycles. The van der Waals surface area contributed by atoms with E-state index in [9.17, 15) is 0 Å². The molecule has 5 nitrogen and oxygen atoms in total. The van der Waals surface area contributed by atoms with E-state index < -0.39 is 0 Å². The van der Waals surface area contributed by atoms with Gasteiger partial charge in [0.1, 0.15) is 25.2 Å². The highest BCUT2D eigenvalue weighted by Gasteiger charge is 2.07. The van der Waals surface area contributed by atoms with Crippen LogP contribution in [0.1, 0.15) is 42.0 Å². The first-order chi connectivity index (χ1) is 15.1. The summed E-state index contributed by atoms with van der Waals surface area (Å²) in [5, 5.41) is 3.64. The zero-order valence-electron chi connectivity index (χ0n) is 19.2.